The highest BCUT2D eigenvalue weighted by molar-refractivity contribution is 8.00. The Balaban J connectivity index is 2.05. The minimum atomic E-state index is -3.54. The molecular formula is C19H24N2O3S2. The van der Waals surface area contributed by atoms with Gasteiger partial charge in [0.2, 0.25) is 15.9 Å². The quantitative estimate of drug-likeness (QED) is 0.695. The molecule has 26 heavy (non-hydrogen) atoms. The Bertz CT molecular complexity index is 863. The molecular weight excluding hydrogens is 368 g/mol. The first-order valence-electron chi connectivity index (χ1n) is 8.46. The molecule has 0 saturated carbocycles. The second-order valence-electron chi connectivity index (χ2n) is 5.77. The molecule has 0 radical (unpaired) electrons. The summed E-state index contributed by atoms with van der Waals surface area (Å²) in [5, 5.41) is 2.77. The molecule has 2 aromatic rings. The Morgan fingerprint density at radius 2 is 1.77 bits per heavy atom. The van der Waals surface area contributed by atoms with E-state index < -0.39 is 10.0 Å². The third-order valence-electron chi connectivity index (χ3n) is 3.82. The molecule has 0 spiro atoms. The molecule has 140 valence electrons. The molecule has 0 bridgehead atoms. The summed E-state index contributed by atoms with van der Waals surface area (Å²) >= 11 is 1.45. The van der Waals surface area contributed by atoms with Gasteiger partial charge in [0.1, 0.15) is 0 Å². The second-order valence-corrected chi connectivity index (χ2v) is 8.76. The summed E-state index contributed by atoms with van der Waals surface area (Å²) in [7, 11) is -3.54. The van der Waals surface area contributed by atoms with Crippen molar-refractivity contribution < 1.29 is 13.2 Å². The lowest BCUT2D eigenvalue weighted by Gasteiger charge is -2.18. The number of carbonyl (C=O) groups excluding carboxylic acids is 1. The number of sulfonamides is 1. The van der Waals surface area contributed by atoms with E-state index in [1.807, 2.05) is 31.2 Å². The average Bonchev–Trinajstić information content (AvgIpc) is 2.61. The first kappa shape index (κ1) is 20.5. The topological polar surface area (TPSA) is 66.5 Å². The molecule has 1 N–H and O–H groups in total. The SMILES string of the molecule is CCN(CC)S(=O)(=O)c1cccc(NC(=O)CSc2cccc(C)c2)c1. The number of benzene rings is 2. The summed E-state index contributed by atoms with van der Waals surface area (Å²) < 4.78 is 26.6. The van der Waals surface area contributed by atoms with Gasteiger partial charge in [0.05, 0.1) is 10.6 Å². The highest BCUT2D eigenvalue weighted by atomic mass is 32.2. The molecule has 0 aromatic heterocycles. The smallest absolute Gasteiger partial charge is 0.243 e. The van der Waals surface area contributed by atoms with Crippen LogP contribution in [0.15, 0.2) is 58.3 Å². The number of amides is 1. The van der Waals surface area contributed by atoms with Gasteiger partial charge in [-0.3, -0.25) is 4.79 Å². The van der Waals surface area contributed by atoms with Crippen LogP contribution in [0.2, 0.25) is 0 Å². The van der Waals surface area contributed by atoms with E-state index in [0.29, 0.717) is 18.8 Å². The number of nitrogens with zero attached hydrogens (tertiary/aromatic N) is 1. The number of thioether (sulfide) groups is 1. The van der Waals surface area contributed by atoms with Crippen molar-refractivity contribution in [2.75, 3.05) is 24.2 Å². The molecule has 1 amide bonds. The van der Waals surface area contributed by atoms with Crippen LogP contribution in [-0.2, 0) is 14.8 Å². The van der Waals surface area contributed by atoms with Crippen LogP contribution in [0.1, 0.15) is 19.4 Å². The minimum Gasteiger partial charge on any atom is -0.325 e. The number of rotatable bonds is 8. The van der Waals surface area contributed by atoms with Crippen molar-refractivity contribution in [1.82, 2.24) is 4.31 Å². The molecule has 0 aliphatic heterocycles. The predicted octanol–water partition coefficient (Wildman–Crippen LogP) is 3.76. The number of aryl methyl sites for hydroxylation is 1. The van der Waals surface area contributed by atoms with Crippen LogP contribution in [0.5, 0.6) is 0 Å². The molecule has 0 atom stereocenters. The van der Waals surface area contributed by atoms with Gasteiger partial charge in [-0.15, -0.1) is 11.8 Å². The van der Waals surface area contributed by atoms with Crippen LogP contribution in [0, 0.1) is 6.92 Å². The molecule has 0 fully saturated rings. The Labute approximate surface area is 159 Å². The van der Waals surface area contributed by atoms with Crippen molar-refractivity contribution in [1.29, 1.82) is 0 Å². The molecule has 0 heterocycles. The number of carbonyl (C=O) groups is 1. The molecule has 0 unspecified atom stereocenters. The lowest BCUT2D eigenvalue weighted by atomic mass is 10.2. The highest BCUT2D eigenvalue weighted by Gasteiger charge is 2.21. The molecule has 2 rings (SSSR count). The molecule has 5 nitrogen and oxygen atoms in total. The van der Waals surface area contributed by atoms with Gasteiger partial charge >= 0.3 is 0 Å². The maximum atomic E-state index is 12.6. The highest BCUT2D eigenvalue weighted by Crippen LogP contribution is 2.21. The van der Waals surface area contributed by atoms with Crippen molar-refractivity contribution in [3.05, 3.63) is 54.1 Å². The molecule has 0 saturated heterocycles. The molecule has 0 aliphatic carbocycles. The Morgan fingerprint density at radius 3 is 2.42 bits per heavy atom. The van der Waals surface area contributed by atoms with E-state index in [2.05, 4.69) is 5.32 Å². The number of hydrogen-bond donors (Lipinski definition) is 1. The van der Waals surface area contributed by atoms with E-state index in [4.69, 9.17) is 0 Å². The van der Waals surface area contributed by atoms with Gasteiger partial charge in [0, 0.05) is 23.7 Å². The fraction of sp³-hybridized carbons (Fsp3) is 0.316. The first-order chi connectivity index (χ1) is 12.4. The van der Waals surface area contributed by atoms with Crippen LogP contribution in [-0.4, -0.2) is 37.5 Å². The van der Waals surface area contributed by atoms with Gasteiger partial charge in [-0.25, -0.2) is 8.42 Å². The zero-order valence-corrected chi connectivity index (χ0v) is 16.9. The fourth-order valence-electron chi connectivity index (χ4n) is 2.50. The van der Waals surface area contributed by atoms with Gasteiger partial charge in [-0.05, 0) is 37.3 Å². The molecule has 2 aromatic carbocycles. The summed E-state index contributed by atoms with van der Waals surface area (Å²) in [6, 6.07) is 14.3. The third kappa shape index (κ3) is 5.33. The van der Waals surface area contributed by atoms with Gasteiger partial charge < -0.3 is 5.32 Å². The van der Waals surface area contributed by atoms with Crippen LogP contribution >= 0.6 is 11.8 Å². The van der Waals surface area contributed by atoms with Crippen molar-refractivity contribution in [2.24, 2.45) is 0 Å². The Hall–Kier alpha value is -1.83. The van der Waals surface area contributed by atoms with Crippen LogP contribution in [0.3, 0.4) is 0 Å². The summed E-state index contributed by atoms with van der Waals surface area (Å²) in [6.45, 7) is 6.42. The monoisotopic (exact) mass is 392 g/mol. The van der Waals surface area contributed by atoms with E-state index in [1.54, 1.807) is 32.0 Å². The average molecular weight is 393 g/mol. The van der Waals surface area contributed by atoms with Gasteiger partial charge in [-0.2, -0.15) is 4.31 Å². The Kier molecular flexibility index (Phi) is 7.25. The van der Waals surface area contributed by atoms with Gasteiger partial charge in [0.25, 0.3) is 0 Å². The Morgan fingerprint density at radius 1 is 1.08 bits per heavy atom. The van der Waals surface area contributed by atoms with Crippen molar-refractivity contribution >= 4 is 33.4 Å². The van der Waals surface area contributed by atoms with Crippen molar-refractivity contribution in [3.8, 4) is 0 Å². The van der Waals surface area contributed by atoms with E-state index in [0.717, 1.165) is 10.5 Å². The zero-order valence-electron chi connectivity index (χ0n) is 15.2. The number of hydrogen-bond acceptors (Lipinski definition) is 4. The lowest BCUT2D eigenvalue weighted by Crippen LogP contribution is -2.30. The van der Waals surface area contributed by atoms with Gasteiger partial charge in [-0.1, -0.05) is 37.6 Å². The molecule has 7 heteroatoms. The summed E-state index contributed by atoms with van der Waals surface area (Å²) in [5.41, 5.74) is 1.62. The van der Waals surface area contributed by atoms with Crippen LogP contribution < -0.4 is 5.32 Å². The van der Waals surface area contributed by atoms with Gasteiger partial charge in [0.15, 0.2) is 0 Å². The molecule has 0 aliphatic rings. The first-order valence-corrected chi connectivity index (χ1v) is 10.9. The van der Waals surface area contributed by atoms with E-state index >= 15 is 0 Å². The van der Waals surface area contributed by atoms with E-state index in [9.17, 15) is 13.2 Å². The number of nitrogens with one attached hydrogen (secondary N) is 1. The lowest BCUT2D eigenvalue weighted by molar-refractivity contribution is -0.113. The predicted molar refractivity (Wildman–Crippen MR) is 107 cm³/mol. The normalized spacial score (nSPS) is 11.5. The van der Waals surface area contributed by atoms with Crippen LogP contribution in [0.4, 0.5) is 5.69 Å². The zero-order chi connectivity index (χ0) is 19.2. The second kappa shape index (κ2) is 9.21. The standard InChI is InChI=1S/C19H24N2O3S2/c1-4-21(5-2)26(23,24)18-11-7-9-16(13-18)20-19(22)14-25-17-10-6-8-15(3)12-17/h6-13H,4-5,14H2,1-3H3,(H,20,22). The maximum absolute atomic E-state index is 12.6. The van der Waals surface area contributed by atoms with Crippen molar-refractivity contribution in [2.45, 2.75) is 30.6 Å². The van der Waals surface area contributed by atoms with E-state index in [-0.39, 0.29) is 16.6 Å². The largest absolute Gasteiger partial charge is 0.325 e. The number of anilines is 1. The maximum Gasteiger partial charge on any atom is 0.243 e. The summed E-state index contributed by atoms with van der Waals surface area (Å²) in [5.74, 6) is 0.0881. The minimum absolute atomic E-state index is 0.172. The van der Waals surface area contributed by atoms with Crippen molar-refractivity contribution in [3.63, 3.8) is 0 Å². The third-order valence-corrected chi connectivity index (χ3v) is 6.86. The summed E-state index contributed by atoms with van der Waals surface area (Å²) in [4.78, 5) is 13.4. The fourth-order valence-corrected chi connectivity index (χ4v) is 4.82. The van der Waals surface area contributed by atoms with Crippen LogP contribution in [0.25, 0.3) is 0 Å². The van der Waals surface area contributed by atoms with E-state index in [1.165, 1.54) is 22.1 Å². The summed E-state index contributed by atoms with van der Waals surface area (Å²) in [6.07, 6.45) is 0.